The molecular formula is C14H26N2O2S. The van der Waals surface area contributed by atoms with Gasteiger partial charge in [-0.25, -0.2) is 0 Å². The first kappa shape index (κ1) is 15.1. The third-order valence-corrected chi connectivity index (χ3v) is 5.32. The van der Waals surface area contributed by atoms with Crippen LogP contribution in [0.15, 0.2) is 0 Å². The van der Waals surface area contributed by atoms with E-state index in [1.54, 1.807) is 0 Å². The number of aliphatic hydroxyl groups is 1. The highest BCUT2D eigenvalue weighted by Gasteiger charge is 2.32. The van der Waals surface area contributed by atoms with Gasteiger partial charge in [0.15, 0.2) is 0 Å². The highest BCUT2D eigenvalue weighted by molar-refractivity contribution is 7.99. The number of piperidine rings is 1. The van der Waals surface area contributed by atoms with Crippen LogP contribution in [-0.4, -0.2) is 58.7 Å². The van der Waals surface area contributed by atoms with E-state index in [0.717, 1.165) is 50.3 Å². The molecule has 2 aliphatic rings. The molecule has 0 saturated carbocycles. The molecule has 19 heavy (non-hydrogen) atoms. The van der Waals surface area contributed by atoms with Gasteiger partial charge < -0.3 is 10.4 Å². The summed E-state index contributed by atoms with van der Waals surface area (Å²) in [6, 6.07) is 0.0142. The number of nitrogens with one attached hydrogen (secondary N) is 1. The number of rotatable bonds is 4. The van der Waals surface area contributed by atoms with Crippen LogP contribution in [0.1, 0.15) is 39.0 Å². The van der Waals surface area contributed by atoms with E-state index in [9.17, 15) is 9.90 Å². The number of thioether (sulfide) groups is 1. The Morgan fingerprint density at radius 2 is 2.16 bits per heavy atom. The highest BCUT2D eigenvalue weighted by Crippen LogP contribution is 2.26. The topological polar surface area (TPSA) is 52.6 Å². The summed E-state index contributed by atoms with van der Waals surface area (Å²) in [5.74, 6) is 2.10. The van der Waals surface area contributed by atoms with Crippen molar-refractivity contribution >= 4 is 17.7 Å². The summed E-state index contributed by atoms with van der Waals surface area (Å²) in [7, 11) is 0. The molecule has 0 bridgehead atoms. The van der Waals surface area contributed by atoms with Crippen LogP contribution in [0.5, 0.6) is 0 Å². The number of carbonyl (C=O) groups is 1. The van der Waals surface area contributed by atoms with Crippen LogP contribution < -0.4 is 5.32 Å². The van der Waals surface area contributed by atoms with Gasteiger partial charge in [-0.2, -0.15) is 11.8 Å². The molecule has 110 valence electrons. The fourth-order valence-corrected chi connectivity index (χ4v) is 4.22. The first-order valence-corrected chi connectivity index (χ1v) is 8.62. The second kappa shape index (κ2) is 6.95. The second-order valence-corrected chi connectivity index (χ2v) is 6.92. The third-order valence-electron chi connectivity index (χ3n) is 4.34. The van der Waals surface area contributed by atoms with Gasteiger partial charge in [0.25, 0.3) is 0 Å². The van der Waals surface area contributed by atoms with Gasteiger partial charge in [0.05, 0.1) is 11.6 Å². The summed E-state index contributed by atoms with van der Waals surface area (Å²) < 4.78 is 0. The molecule has 4 nitrogen and oxygen atoms in total. The van der Waals surface area contributed by atoms with Crippen molar-refractivity contribution in [2.75, 3.05) is 31.1 Å². The Bertz CT molecular complexity index is 306. The molecule has 2 rings (SSSR count). The van der Waals surface area contributed by atoms with Crippen LogP contribution in [0.25, 0.3) is 0 Å². The molecule has 0 aromatic carbocycles. The molecule has 2 fully saturated rings. The molecule has 1 unspecified atom stereocenters. The van der Waals surface area contributed by atoms with Gasteiger partial charge in [-0.1, -0.05) is 13.3 Å². The summed E-state index contributed by atoms with van der Waals surface area (Å²) >= 11 is 1.88. The fraction of sp³-hybridized carbons (Fsp3) is 0.929. The Morgan fingerprint density at radius 1 is 1.42 bits per heavy atom. The van der Waals surface area contributed by atoms with Crippen LogP contribution >= 0.6 is 11.8 Å². The van der Waals surface area contributed by atoms with E-state index < -0.39 is 5.60 Å². The Labute approximate surface area is 120 Å². The minimum absolute atomic E-state index is 0.0142. The lowest BCUT2D eigenvalue weighted by Crippen LogP contribution is -2.53. The van der Waals surface area contributed by atoms with Crippen LogP contribution in [0.4, 0.5) is 0 Å². The van der Waals surface area contributed by atoms with Gasteiger partial charge in [0.2, 0.25) is 5.91 Å². The number of hydrogen-bond donors (Lipinski definition) is 2. The molecule has 2 N–H and O–H groups in total. The first-order valence-electron chi connectivity index (χ1n) is 7.46. The van der Waals surface area contributed by atoms with Crippen molar-refractivity contribution in [3.63, 3.8) is 0 Å². The summed E-state index contributed by atoms with van der Waals surface area (Å²) in [5.41, 5.74) is -0.674. The molecule has 2 heterocycles. The van der Waals surface area contributed by atoms with Crippen LogP contribution in [0.2, 0.25) is 0 Å². The lowest BCUT2D eigenvalue weighted by Gasteiger charge is -2.36. The Balaban J connectivity index is 1.82. The Kier molecular flexibility index (Phi) is 5.54. The summed E-state index contributed by atoms with van der Waals surface area (Å²) in [6.07, 6.45) is 4.86. The van der Waals surface area contributed by atoms with Crippen molar-refractivity contribution in [1.29, 1.82) is 0 Å². The molecule has 0 aromatic rings. The van der Waals surface area contributed by atoms with E-state index in [2.05, 4.69) is 17.1 Å². The smallest absolute Gasteiger partial charge is 0.237 e. The number of likely N-dealkylation sites (N-methyl/N-ethyl adjacent to an activating group) is 1. The molecule has 1 amide bonds. The zero-order valence-corrected chi connectivity index (χ0v) is 12.7. The number of hydrogen-bond acceptors (Lipinski definition) is 4. The monoisotopic (exact) mass is 286 g/mol. The van der Waals surface area contributed by atoms with E-state index in [1.165, 1.54) is 6.42 Å². The largest absolute Gasteiger partial charge is 0.388 e. The minimum atomic E-state index is -0.674. The lowest BCUT2D eigenvalue weighted by molar-refractivity contribution is -0.128. The second-order valence-electron chi connectivity index (χ2n) is 5.69. The predicted molar refractivity (Wildman–Crippen MR) is 79.4 cm³/mol. The zero-order chi connectivity index (χ0) is 13.7. The number of likely N-dealkylation sites (tertiary alicyclic amines) is 1. The van der Waals surface area contributed by atoms with E-state index in [-0.39, 0.29) is 11.9 Å². The normalized spacial score (nSPS) is 28.0. The fourth-order valence-electron chi connectivity index (χ4n) is 2.96. The molecular weight excluding hydrogens is 260 g/mol. The number of carbonyl (C=O) groups excluding carboxylic acids is 1. The van der Waals surface area contributed by atoms with E-state index in [0.29, 0.717) is 6.54 Å². The van der Waals surface area contributed by atoms with E-state index in [1.807, 2.05) is 11.8 Å². The highest BCUT2D eigenvalue weighted by atomic mass is 32.2. The van der Waals surface area contributed by atoms with Gasteiger partial charge in [-0.05, 0) is 50.3 Å². The summed E-state index contributed by atoms with van der Waals surface area (Å²) in [5, 5.41) is 13.4. The van der Waals surface area contributed by atoms with Gasteiger partial charge in [-0.3, -0.25) is 9.69 Å². The summed E-state index contributed by atoms with van der Waals surface area (Å²) in [6.45, 7) is 4.48. The van der Waals surface area contributed by atoms with Gasteiger partial charge in [0.1, 0.15) is 0 Å². The third kappa shape index (κ3) is 4.10. The molecule has 0 aromatic heterocycles. The maximum atomic E-state index is 12.3. The van der Waals surface area contributed by atoms with Crippen molar-refractivity contribution in [1.82, 2.24) is 10.2 Å². The number of amides is 1. The van der Waals surface area contributed by atoms with Crippen molar-refractivity contribution < 1.29 is 9.90 Å². The molecule has 0 aliphatic carbocycles. The lowest BCUT2D eigenvalue weighted by atomic mass is 9.96. The molecule has 0 spiro atoms. The maximum absolute atomic E-state index is 12.3. The van der Waals surface area contributed by atoms with Gasteiger partial charge in [-0.15, -0.1) is 0 Å². The average molecular weight is 286 g/mol. The molecule has 1 atom stereocenters. The van der Waals surface area contributed by atoms with Gasteiger partial charge in [0, 0.05) is 6.54 Å². The summed E-state index contributed by atoms with van der Waals surface area (Å²) in [4.78, 5) is 14.5. The first-order chi connectivity index (χ1) is 9.14. The van der Waals surface area contributed by atoms with Crippen LogP contribution in [0, 0.1) is 0 Å². The quantitative estimate of drug-likeness (QED) is 0.816. The molecule has 5 heteroatoms. The molecule has 2 saturated heterocycles. The predicted octanol–water partition coefficient (Wildman–Crippen LogP) is 1.24. The van der Waals surface area contributed by atoms with Crippen LogP contribution in [-0.2, 0) is 4.79 Å². The van der Waals surface area contributed by atoms with E-state index in [4.69, 9.17) is 0 Å². The Morgan fingerprint density at radius 3 is 2.84 bits per heavy atom. The van der Waals surface area contributed by atoms with Crippen molar-refractivity contribution in [2.45, 2.75) is 50.7 Å². The Hall–Kier alpha value is -0.260. The number of nitrogens with zero attached hydrogens (tertiary/aromatic N) is 1. The van der Waals surface area contributed by atoms with Gasteiger partial charge >= 0.3 is 0 Å². The zero-order valence-electron chi connectivity index (χ0n) is 11.9. The standard InChI is InChI=1S/C14H26N2O2S/c1-2-16-8-4-3-5-12(16)13(17)15-11-14(18)6-9-19-10-7-14/h12,18H,2-11H2,1H3,(H,15,17). The van der Waals surface area contributed by atoms with Crippen molar-refractivity contribution in [3.05, 3.63) is 0 Å². The SMILES string of the molecule is CCN1CCCCC1C(=O)NCC1(O)CCSCC1. The maximum Gasteiger partial charge on any atom is 0.237 e. The van der Waals surface area contributed by atoms with Crippen LogP contribution in [0.3, 0.4) is 0 Å². The average Bonchev–Trinajstić information content (AvgIpc) is 2.45. The minimum Gasteiger partial charge on any atom is -0.388 e. The van der Waals surface area contributed by atoms with E-state index >= 15 is 0 Å². The molecule has 2 aliphatic heterocycles. The molecule has 0 radical (unpaired) electrons. The van der Waals surface area contributed by atoms with Crippen molar-refractivity contribution in [2.24, 2.45) is 0 Å². The van der Waals surface area contributed by atoms with Crippen molar-refractivity contribution in [3.8, 4) is 0 Å².